The third kappa shape index (κ3) is 2.73. The Morgan fingerprint density at radius 1 is 1.32 bits per heavy atom. The van der Waals surface area contributed by atoms with E-state index in [2.05, 4.69) is 15.1 Å². The van der Waals surface area contributed by atoms with E-state index in [1.807, 2.05) is 19.9 Å². The fourth-order valence-corrected chi connectivity index (χ4v) is 2.61. The molecule has 0 aliphatic rings. The molecule has 0 radical (unpaired) electrons. The average Bonchev–Trinajstić information content (AvgIpc) is 3.13. The highest BCUT2D eigenvalue weighted by Crippen LogP contribution is 2.10. The van der Waals surface area contributed by atoms with Crippen LogP contribution < -0.4 is 0 Å². The van der Waals surface area contributed by atoms with Crippen molar-refractivity contribution in [2.45, 2.75) is 13.8 Å². The van der Waals surface area contributed by atoms with Crippen molar-refractivity contribution in [2.75, 3.05) is 6.61 Å². The van der Waals surface area contributed by atoms with Gasteiger partial charge in [0.15, 0.2) is 6.61 Å². The maximum atomic E-state index is 11.9. The molecule has 0 atom stereocenters. The lowest BCUT2D eigenvalue weighted by atomic mass is 10.3. The maximum Gasteiger partial charge on any atom is 0.378 e. The second-order valence-electron chi connectivity index (χ2n) is 4.66. The summed E-state index contributed by atoms with van der Waals surface area (Å²) in [6.45, 7) is 3.34. The third-order valence-electron chi connectivity index (χ3n) is 2.93. The number of hydrogen-bond acceptors (Lipinski definition) is 7. The van der Waals surface area contributed by atoms with Gasteiger partial charge in [-0.2, -0.15) is 4.98 Å². The smallest absolute Gasteiger partial charge is 0.378 e. The van der Waals surface area contributed by atoms with Gasteiger partial charge in [-0.3, -0.25) is 4.79 Å². The standard InChI is InChI=1S/C14H12N4O3S/c1-8-6-9(2)18-14(15-8)16-12(17-18)13(20)21-7-10(19)11-4-3-5-22-11/h3-6H,7H2,1-2H3. The summed E-state index contributed by atoms with van der Waals surface area (Å²) in [7, 11) is 0. The molecule has 112 valence electrons. The minimum absolute atomic E-state index is 0.111. The molecule has 0 aliphatic heterocycles. The molecule has 0 unspecified atom stereocenters. The van der Waals surface area contributed by atoms with Gasteiger partial charge in [0.1, 0.15) is 0 Å². The van der Waals surface area contributed by atoms with Crippen LogP contribution in [0.5, 0.6) is 0 Å². The lowest BCUT2D eigenvalue weighted by Gasteiger charge is -1.99. The zero-order valence-electron chi connectivity index (χ0n) is 11.9. The zero-order valence-corrected chi connectivity index (χ0v) is 12.8. The maximum absolute atomic E-state index is 11.9. The zero-order chi connectivity index (χ0) is 15.7. The molecule has 0 bridgehead atoms. The summed E-state index contributed by atoms with van der Waals surface area (Å²) in [5.41, 5.74) is 1.59. The van der Waals surface area contributed by atoms with Crippen LogP contribution >= 0.6 is 11.3 Å². The second kappa shape index (κ2) is 5.64. The summed E-state index contributed by atoms with van der Waals surface area (Å²) in [5.74, 6) is -0.779. The number of aryl methyl sites for hydroxylation is 2. The number of hydrogen-bond donors (Lipinski definition) is 0. The number of rotatable bonds is 4. The monoisotopic (exact) mass is 316 g/mol. The van der Waals surface area contributed by atoms with Crippen molar-refractivity contribution in [3.05, 3.63) is 45.7 Å². The topological polar surface area (TPSA) is 86.5 Å². The molecular weight excluding hydrogens is 304 g/mol. The number of nitrogens with zero attached hydrogens (tertiary/aromatic N) is 4. The molecule has 7 nitrogen and oxygen atoms in total. The Balaban J connectivity index is 1.75. The minimum Gasteiger partial charge on any atom is -0.451 e. The lowest BCUT2D eigenvalue weighted by molar-refractivity contribution is 0.0464. The lowest BCUT2D eigenvalue weighted by Crippen LogP contribution is -2.14. The van der Waals surface area contributed by atoms with E-state index >= 15 is 0 Å². The van der Waals surface area contributed by atoms with Crippen LogP contribution in [0.3, 0.4) is 0 Å². The second-order valence-corrected chi connectivity index (χ2v) is 5.61. The van der Waals surface area contributed by atoms with Gasteiger partial charge in [-0.05, 0) is 31.4 Å². The van der Waals surface area contributed by atoms with Gasteiger partial charge in [-0.1, -0.05) is 6.07 Å². The number of aromatic nitrogens is 4. The molecule has 3 aromatic heterocycles. The largest absolute Gasteiger partial charge is 0.451 e. The highest BCUT2D eigenvalue weighted by atomic mass is 32.1. The van der Waals surface area contributed by atoms with Crippen molar-refractivity contribution in [1.82, 2.24) is 19.6 Å². The fraction of sp³-hybridized carbons (Fsp3) is 0.214. The molecule has 0 spiro atoms. The number of Topliss-reactive ketones (excluding diaryl/α,β-unsaturated/α-hetero) is 1. The average molecular weight is 316 g/mol. The van der Waals surface area contributed by atoms with E-state index in [1.54, 1.807) is 17.5 Å². The van der Waals surface area contributed by atoms with Gasteiger partial charge >= 0.3 is 5.97 Å². The molecule has 3 rings (SSSR count). The molecule has 0 aromatic carbocycles. The summed E-state index contributed by atoms with van der Waals surface area (Å²) < 4.78 is 6.43. The molecule has 0 aliphatic carbocycles. The van der Waals surface area contributed by atoms with E-state index < -0.39 is 5.97 Å². The molecule has 3 aromatic rings. The summed E-state index contributed by atoms with van der Waals surface area (Å²) in [6.07, 6.45) is 0. The number of carbonyl (C=O) groups is 2. The van der Waals surface area contributed by atoms with Crippen molar-refractivity contribution in [3.63, 3.8) is 0 Å². The number of ketones is 1. The van der Waals surface area contributed by atoms with Crippen molar-refractivity contribution in [3.8, 4) is 0 Å². The van der Waals surface area contributed by atoms with Gasteiger partial charge < -0.3 is 4.74 Å². The molecule has 0 fully saturated rings. The van der Waals surface area contributed by atoms with Gasteiger partial charge in [0.2, 0.25) is 5.78 Å². The Morgan fingerprint density at radius 3 is 2.86 bits per heavy atom. The SMILES string of the molecule is Cc1cc(C)n2nc(C(=O)OCC(=O)c3cccs3)nc2n1. The van der Waals surface area contributed by atoms with Crippen molar-refractivity contribution in [1.29, 1.82) is 0 Å². The molecule has 0 N–H and O–H groups in total. The highest BCUT2D eigenvalue weighted by molar-refractivity contribution is 7.12. The van der Waals surface area contributed by atoms with E-state index in [0.29, 0.717) is 10.7 Å². The van der Waals surface area contributed by atoms with Gasteiger partial charge in [0.05, 0.1) is 4.88 Å². The number of ether oxygens (including phenoxy) is 1. The van der Waals surface area contributed by atoms with E-state index in [-0.39, 0.29) is 18.2 Å². The molecule has 3 heterocycles. The summed E-state index contributed by atoms with van der Waals surface area (Å²) in [4.78, 5) is 32.5. The van der Waals surface area contributed by atoms with Crippen molar-refractivity contribution < 1.29 is 14.3 Å². The predicted octanol–water partition coefficient (Wildman–Crippen LogP) is 1.84. The van der Waals surface area contributed by atoms with Crippen molar-refractivity contribution in [2.24, 2.45) is 0 Å². The van der Waals surface area contributed by atoms with Gasteiger partial charge in [0.25, 0.3) is 11.6 Å². The fourth-order valence-electron chi connectivity index (χ4n) is 1.96. The normalized spacial score (nSPS) is 10.8. The number of carbonyl (C=O) groups excluding carboxylic acids is 2. The molecule has 0 saturated carbocycles. The predicted molar refractivity (Wildman–Crippen MR) is 79.2 cm³/mol. The van der Waals surface area contributed by atoms with Crippen LogP contribution in [0, 0.1) is 13.8 Å². The Labute approximate surface area is 129 Å². The van der Waals surface area contributed by atoms with Crippen molar-refractivity contribution >= 4 is 28.9 Å². The third-order valence-corrected chi connectivity index (χ3v) is 3.84. The Kier molecular flexibility index (Phi) is 3.68. The first kappa shape index (κ1) is 14.3. The molecule has 0 amide bonds. The number of thiophene rings is 1. The molecule has 22 heavy (non-hydrogen) atoms. The summed E-state index contributed by atoms with van der Waals surface area (Å²) in [5, 5.41) is 5.84. The molecule has 8 heteroatoms. The first-order valence-electron chi connectivity index (χ1n) is 6.49. The Morgan fingerprint density at radius 2 is 2.14 bits per heavy atom. The van der Waals surface area contributed by atoms with Crippen LogP contribution in [-0.2, 0) is 4.74 Å². The van der Waals surface area contributed by atoms with Crippen LogP contribution in [0.2, 0.25) is 0 Å². The van der Waals surface area contributed by atoms with Crippen LogP contribution in [0.25, 0.3) is 5.78 Å². The van der Waals surface area contributed by atoms with Crippen LogP contribution in [0.4, 0.5) is 0 Å². The molecular formula is C14H12N4O3S. The van der Waals surface area contributed by atoms with E-state index in [0.717, 1.165) is 11.4 Å². The summed E-state index contributed by atoms with van der Waals surface area (Å²) in [6, 6.07) is 5.28. The van der Waals surface area contributed by atoms with E-state index in [1.165, 1.54) is 15.9 Å². The quantitative estimate of drug-likeness (QED) is 0.539. The summed E-state index contributed by atoms with van der Waals surface area (Å²) >= 11 is 1.30. The van der Waals surface area contributed by atoms with E-state index in [9.17, 15) is 9.59 Å². The highest BCUT2D eigenvalue weighted by Gasteiger charge is 2.18. The van der Waals surface area contributed by atoms with Crippen LogP contribution in [-0.4, -0.2) is 37.9 Å². The minimum atomic E-state index is -0.743. The van der Waals surface area contributed by atoms with Crippen LogP contribution in [0.1, 0.15) is 31.7 Å². The van der Waals surface area contributed by atoms with Gasteiger partial charge in [-0.25, -0.2) is 14.3 Å². The molecule has 0 saturated heterocycles. The van der Waals surface area contributed by atoms with Crippen LogP contribution in [0.15, 0.2) is 23.6 Å². The first-order valence-corrected chi connectivity index (χ1v) is 7.37. The Hall–Kier alpha value is -2.61. The first-order chi connectivity index (χ1) is 10.5. The number of fused-ring (bicyclic) bond motifs is 1. The number of esters is 1. The van der Waals surface area contributed by atoms with Gasteiger partial charge in [-0.15, -0.1) is 16.4 Å². The van der Waals surface area contributed by atoms with E-state index in [4.69, 9.17) is 4.74 Å². The van der Waals surface area contributed by atoms with Gasteiger partial charge in [0, 0.05) is 11.4 Å². The Bertz CT molecular complexity index is 854.